The number of nitrogens with zero attached hydrogens (tertiary/aromatic N) is 1. The molecule has 138 valence electrons. The van der Waals surface area contributed by atoms with Gasteiger partial charge in [-0.2, -0.15) is 0 Å². The van der Waals surface area contributed by atoms with Crippen molar-refractivity contribution in [3.8, 4) is 11.5 Å². The second-order valence-electron chi connectivity index (χ2n) is 5.24. The lowest BCUT2D eigenvalue weighted by atomic mass is 10.2. The van der Waals surface area contributed by atoms with Crippen molar-refractivity contribution in [1.29, 1.82) is 0 Å². The molecule has 0 aliphatic carbocycles. The monoisotopic (exact) mass is 360 g/mol. The predicted octanol–water partition coefficient (Wildman–Crippen LogP) is 2.12. The molecule has 2 rings (SSSR count). The molecule has 0 saturated heterocycles. The van der Waals surface area contributed by atoms with Crippen LogP contribution in [-0.2, 0) is 9.53 Å². The van der Waals surface area contributed by atoms with Gasteiger partial charge < -0.3 is 25.8 Å². The van der Waals surface area contributed by atoms with Crippen LogP contribution in [0.2, 0.25) is 0 Å². The van der Waals surface area contributed by atoms with Gasteiger partial charge >= 0.3 is 0 Å². The summed E-state index contributed by atoms with van der Waals surface area (Å²) in [5.41, 5.74) is 6.34. The highest BCUT2D eigenvalue weighted by molar-refractivity contribution is 5.92. The molecule has 0 saturated carbocycles. The maximum atomic E-state index is 14.3. The van der Waals surface area contributed by atoms with Crippen molar-refractivity contribution >= 4 is 17.7 Å². The van der Waals surface area contributed by atoms with E-state index in [2.05, 4.69) is 15.6 Å². The summed E-state index contributed by atoms with van der Waals surface area (Å²) in [6.07, 6.45) is 6.04. The molecule has 0 fully saturated rings. The lowest BCUT2D eigenvalue weighted by molar-refractivity contribution is -0.115. The van der Waals surface area contributed by atoms with Crippen LogP contribution in [-0.4, -0.2) is 37.7 Å². The zero-order valence-electron chi connectivity index (χ0n) is 14.4. The predicted molar refractivity (Wildman–Crippen MR) is 97.3 cm³/mol. The minimum Gasteiger partial charge on any atom is -0.454 e. The van der Waals surface area contributed by atoms with Gasteiger partial charge in [0.05, 0.1) is 13.2 Å². The minimum atomic E-state index is -0.602. The fraction of sp³-hybridized carbons (Fsp3) is 0.222. The fourth-order valence-corrected chi connectivity index (χ4v) is 2.08. The van der Waals surface area contributed by atoms with Gasteiger partial charge in [-0.3, -0.25) is 9.78 Å². The number of ether oxygens (including phenoxy) is 2. The average Bonchev–Trinajstić information content (AvgIpc) is 2.63. The summed E-state index contributed by atoms with van der Waals surface area (Å²) in [7, 11) is 1.58. The van der Waals surface area contributed by atoms with Gasteiger partial charge in [-0.25, -0.2) is 4.39 Å². The molecule has 0 bridgehead atoms. The smallest absolute Gasteiger partial charge is 0.238 e. The van der Waals surface area contributed by atoms with E-state index in [9.17, 15) is 9.18 Å². The molecule has 0 aliphatic rings. The Labute approximate surface area is 151 Å². The highest BCUT2D eigenvalue weighted by atomic mass is 19.1. The quantitative estimate of drug-likeness (QED) is 0.593. The second kappa shape index (κ2) is 10.1. The maximum Gasteiger partial charge on any atom is 0.238 e. The summed E-state index contributed by atoms with van der Waals surface area (Å²) < 4.78 is 24.7. The minimum absolute atomic E-state index is 0.0269. The number of hydrogen-bond donors (Lipinski definition) is 3. The summed E-state index contributed by atoms with van der Waals surface area (Å²) in [5, 5.41) is 5.51. The van der Waals surface area contributed by atoms with Crippen LogP contribution < -0.4 is 21.1 Å². The Morgan fingerprint density at radius 2 is 2.19 bits per heavy atom. The van der Waals surface area contributed by atoms with Crippen LogP contribution in [0.25, 0.3) is 6.08 Å². The molecule has 0 aliphatic heterocycles. The largest absolute Gasteiger partial charge is 0.454 e. The molecule has 7 nitrogen and oxygen atoms in total. The van der Waals surface area contributed by atoms with Gasteiger partial charge in [0.1, 0.15) is 5.75 Å². The van der Waals surface area contributed by atoms with Crippen molar-refractivity contribution in [2.24, 2.45) is 5.73 Å². The van der Waals surface area contributed by atoms with Gasteiger partial charge in [-0.05, 0) is 30.5 Å². The number of rotatable bonds is 9. The normalized spacial score (nSPS) is 10.8. The lowest BCUT2D eigenvalue weighted by Gasteiger charge is -2.11. The first-order valence-electron chi connectivity index (χ1n) is 7.93. The van der Waals surface area contributed by atoms with E-state index in [0.29, 0.717) is 30.2 Å². The highest BCUT2D eigenvalue weighted by Gasteiger charge is 2.10. The van der Waals surface area contributed by atoms with E-state index in [0.717, 1.165) is 0 Å². The first-order valence-corrected chi connectivity index (χ1v) is 7.93. The van der Waals surface area contributed by atoms with Gasteiger partial charge in [-0.15, -0.1) is 0 Å². The first-order chi connectivity index (χ1) is 12.6. The van der Waals surface area contributed by atoms with E-state index in [1.165, 1.54) is 24.5 Å². The van der Waals surface area contributed by atoms with Crippen LogP contribution in [0.5, 0.6) is 11.5 Å². The van der Waals surface area contributed by atoms with E-state index in [-0.39, 0.29) is 18.2 Å². The Hall–Kier alpha value is -2.97. The third-order valence-corrected chi connectivity index (χ3v) is 3.29. The number of amides is 1. The molecule has 1 heterocycles. The molecular formula is C18H21FN4O3. The van der Waals surface area contributed by atoms with Gasteiger partial charge in [0.2, 0.25) is 5.91 Å². The van der Waals surface area contributed by atoms with Crippen molar-refractivity contribution in [1.82, 2.24) is 10.3 Å². The number of anilines is 1. The molecule has 1 aromatic heterocycles. The first kappa shape index (κ1) is 19.4. The fourth-order valence-electron chi connectivity index (χ4n) is 2.08. The summed E-state index contributed by atoms with van der Waals surface area (Å²) in [6.45, 7) is 1.16. The van der Waals surface area contributed by atoms with Gasteiger partial charge in [0.15, 0.2) is 11.6 Å². The van der Waals surface area contributed by atoms with Gasteiger partial charge in [-0.1, -0.05) is 0 Å². The van der Waals surface area contributed by atoms with E-state index in [4.69, 9.17) is 15.2 Å². The Balaban J connectivity index is 2.00. The number of benzene rings is 1. The van der Waals surface area contributed by atoms with Crippen molar-refractivity contribution < 1.29 is 18.7 Å². The number of carbonyl (C=O) groups excluding carboxylic acids is 1. The summed E-state index contributed by atoms with van der Waals surface area (Å²) in [6, 6.07) is 5.81. The number of pyridine rings is 1. The Bertz CT molecular complexity index is 768. The van der Waals surface area contributed by atoms with Crippen LogP contribution in [0.3, 0.4) is 0 Å². The molecule has 1 aromatic carbocycles. The number of halogens is 1. The SMILES string of the molecule is COCCNCC(=O)Nc1ccc(Oc2ccncc2/C=C\N)c(F)c1. The Morgan fingerprint density at radius 1 is 1.35 bits per heavy atom. The third kappa shape index (κ3) is 5.83. The summed E-state index contributed by atoms with van der Waals surface area (Å²) in [5.74, 6) is -0.438. The van der Waals surface area contributed by atoms with Crippen molar-refractivity contribution in [2.75, 3.05) is 32.1 Å². The van der Waals surface area contributed by atoms with E-state index < -0.39 is 5.82 Å². The van der Waals surface area contributed by atoms with E-state index in [1.54, 1.807) is 31.5 Å². The molecular weight excluding hydrogens is 339 g/mol. The maximum absolute atomic E-state index is 14.3. The van der Waals surface area contributed by atoms with Crippen LogP contribution in [0.15, 0.2) is 42.9 Å². The molecule has 4 N–H and O–H groups in total. The number of nitrogens with one attached hydrogen (secondary N) is 2. The van der Waals surface area contributed by atoms with E-state index in [1.807, 2.05) is 0 Å². The standard InChI is InChI=1S/C18H21FN4O3/c1-25-9-8-22-12-18(24)23-14-2-3-17(15(19)10-14)26-16-5-7-21-11-13(16)4-6-20/h2-7,10-11,22H,8-9,12,20H2,1H3,(H,23,24)/b6-4-. The molecule has 0 unspecified atom stereocenters. The number of nitrogens with two attached hydrogens (primary N) is 1. The Kier molecular flexibility index (Phi) is 7.53. The number of hydrogen-bond acceptors (Lipinski definition) is 6. The van der Waals surface area contributed by atoms with Crippen LogP contribution >= 0.6 is 0 Å². The number of aromatic nitrogens is 1. The molecule has 26 heavy (non-hydrogen) atoms. The van der Waals surface area contributed by atoms with Crippen LogP contribution in [0.1, 0.15) is 5.56 Å². The molecule has 0 radical (unpaired) electrons. The molecule has 2 aromatic rings. The summed E-state index contributed by atoms with van der Waals surface area (Å²) >= 11 is 0. The van der Waals surface area contributed by atoms with Gasteiger partial charge in [0, 0.05) is 43.4 Å². The highest BCUT2D eigenvalue weighted by Crippen LogP contribution is 2.29. The van der Waals surface area contributed by atoms with Crippen molar-refractivity contribution in [3.63, 3.8) is 0 Å². The molecule has 1 amide bonds. The molecule has 8 heteroatoms. The Morgan fingerprint density at radius 3 is 2.92 bits per heavy atom. The van der Waals surface area contributed by atoms with E-state index >= 15 is 0 Å². The second-order valence-corrected chi connectivity index (χ2v) is 5.24. The van der Waals surface area contributed by atoms with Crippen molar-refractivity contribution in [2.45, 2.75) is 0 Å². The number of carbonyl (C=O) groups is 1. The summed E-state index contributed by atoms with van der Waals surface area (Å²) in [4.78, 5) is 15.8. The van der Waals surface area contributed by atoms with Gasteiger partial charge in [0.25, 0.3) is 0 Å². The lowest BCUT2D eigenvalue weighted by Crippen LogP contribution is -2.30. The van der Waals surface area contributed by atoms with Crippen LogP contribution in [0.4, 0.5) is 10.1 Å². The zero-order valence-corrected chi connectivity index (χ0v) is 14.4. The van der Waals surface area contributed by atoms with Crippen LogP contribution in [0, 0.1) is 5.82 Å². The zero-order chi connectivity index (χ0) is 18.8. The third-order valence-electron chi connectivity index (χ3n) is 3.29. The topological polar surface area (TPSA) is 98.5 Å². The van der Waals surface area contributed by atoms with Crippen molar-refractivity contribution in [3.05, 3.63) is 54.2 Å². The molecule has 0 spiro atoms. The molecule has 0 atom stereocenters. The number of methoxy groups -OCH3 is 1. The average molecular weight is 360 g/mol.